The van der Waals surface area contributed by atoms with E-state index in [4.69, 9.17) is 0 Å². The van der Waals surface area contributed by atoms with Crippen LogP contribution in [0.1, 0.15) is 54.5 Å². The van der Waals surface area contributed by atoms with E-state index in [9.17, 15) is 14.9 Å². The minimum absolute atomic E-state index is 0.0371. The summed E-state index contributed by atoms with van der Waals surface area (Å²) in [5.41, 5.74) is 4.15. The molecular formula is C24H30N4O2. The molecule has 30 heavy (non-hydrogen) atoms. The van der Waals surface area contributed by atoms with Gasteiger partial charge in [-0.3, -0.25) is 9.59 Å². The van der Waals surface area contributed by atoms with E-state index in [0.29, 0.717) is 24.3 Å². The molecule has 2 rings (SSSR count). The number of aromatic nitrogens is 1. The summed E-state index contributed by atoms with van der Waals surface area (Å²) in [5, 5.41) is 12.2. The minimum atomic E-state index is -0.472. The average molecular weight is 407 g/mol. The largest absolute Gasteiger partial charge is 0.349 e. The molecule has 0 aliphatic heterocycles. The number of amides is 2. The first-order chi connectivity index (χ1) is 14.4. The Bertz CT molecular complexity index is 974. The Morgan fingerprint density at radius 1 is 1.13 bits per heavy atom. The zero-order valence-corrected chi connectivity index (χ0v) is 18.5. The molecule has 0 saturated heterocycles. The third-order valence-electron chi connectivity index (χ3n) is 5.17. The van der Waals surface area contributed by atoms with E-state index in [1.165, 1.54) is 0 Å². The first-order valence-electron chi connectivity index (χ1n) is 10.3. The van der Waals surface area contributed by atoms with E-state index >= 15 is 0 Å². The first-order valence-corrected chi connectivity index (χ1v) is 10.3. The van der Waals surface area contributed by atoms with Gasteiger partial charge in [0, 0.05) is 42.3 Å². The van der Waals surface area contributed by atoms with Crippen molar-refractivity contribution in [1.82, 2.24) is 9.47 Å². The summed E-state index contributed by atoms with van der Waals surface area (Å²) in [6, 6.07) is 10.7. The second-order valence-electron chi connectivity index (χ2n) is 7.16. The molecule has 0 bridgehead atoms. The van der Waals surface area contributed by atoms with E-state index in [-0.39, 0.29) is 11.5 Å². The number of nitrogens with zero attached hydrogens (tertiary/aromatic N) is 3. The number of nitriles is 1. The van der Waals surface area contributed by atoms with Crippen molar-refractivity contribution in [2.75, 3.05) is 18.4 Å². The maximum atomic E-state index is 12.6. The predicted octanol–water partition coefficient (Wildman–Crippen LogP) is 4.54. The van der Waals surface area contributed by atoms with Crippen molar-refractivity contribution in [2.24, 2.45) is 0 Å². The van der Waals surface area contributed by atoms with Gasteiger partial charge in [0.25, 0.3) is 11.8 Å². The molecule has 6 nitrogen and oxygen atoms in total. The Morgan fingerprint density at radius 2 is 1.77 bits per heavy atom. The van der Waals surface area contributed by atoms with Crippen molar-refractivity contribution >= 4 is 23.6 Å². The van der Waals surface area contributed by atoms with Crippen molar-refractivity contribution < 1.29 is 9.59 Å². The Kier molecular flexibility index (Phi) is 7.99. The maximum Gasteiger partial charge on any atom is 0.266 e. The second-order valence-corrected chi connectivity index (χ2v) is 7.16. The lowest BCUT2D eigenvalue weighted by atomic mass is 10.1. The van der Waals surface area contributed by atoms with Crippen LogP contribution < -0.4 is 5.32 Å². The van der Waals surface area contributed by atoms with Crippen LogP contribution in [0.2, 0.25) is 0 Å². The minimum Gasteiger partial charge on any atom is -0.349 e. The van der Waals surface area contributed by atoms with Crippen LogP contribution in [0.3, 0.4) is 0 Å². The van der Waals surface area contributed by atoms with Gasteiger partial charge in [-0.2, -0.15) is 5.26 Å². The van der Waals surface area contributed by atoms with Crippen LogP contribution in [0.4, 0.5) is 5.69 Å². The second kappa shape index (κ2) is 10.4. The highest BCUT2D eigenvalue weighted by Crippen LogP contribution is 2.20. The molecule has 2 amide bonds. The van der Waals surface area contributed by atoms with Crippen molar-refractivity contribution in [3.63, 3.8) is 0 Å². The van der Waals surface area contributed by atoms with Gasteiger partial charge in [0.2, 0.25) is 0 Å². The summed E-state index contributed by atoms with van der Waals surface area (Å²) in [4.78, 5) is 26.7. The van der Waals surface area contributed by atoms with Crippen molar-refractivity contribution in [3.8, 4) is 6.07 Å². The van der Waals surface area contributed by atoms with Crippen LogP contribution >= 0.6 is 0 Å². The number of benzene rings is 1. The fourth-order valence-electron chi connectivity index (χ4n) is 3.43. The predicted molar refractivity (Wildman–Crippen MR) is 120 cm³/mol. The Morgan fingerprint density at radius 3 is 2.30 bits per heavy atom. The number of rotatable bonds is 8. The lowest BCUT2D eigenvalue weighted by molar-refractivity contribution is -0.112. The number of anilines is 1. The summed E-state index contributed by atoms with van der Waals surface area (Å²) < 4.78 is 2.18. The van der Waals surface area contributed by atoms with Gasteiger partial charge in [-0.15, -0.1) is 0 Å². The average Bonchev–Trinajstić information content (AvgIpc) is 3.00. The molecule has 158 valence electrons. The molecule has 1 aromatic carbocycles. The van der Waals surface area contributed by atoms with Crippen molar-refractivity contribution in [1.29, 1.82) is 5.26 Å². The fourth-order valence-corrected chi connectivity index (χ4v) is 3.43. The van der Waals surface area contributed by atoms with Gasteiger partial charge >= 0.3 is 0 Å². The molecule has 1 aromatic heterocycles. The fraction of sp³-hybridized carbons (Fsp3) is 0.375. The van der Waals surface area contributed by atoms with Gasteiger partial charge in [-0.05, 0) is 76.1 Å². The van der Waals surface area contributed by atoms with E-state index < -0.39 is 5.91 Å². The molecule has 2 aromatic rings. The molecule has 1 heterocycles. The summed E-state index contributed by atoms with van der Waals surface area (Å²) in [5.74, 6) is -0.515. The summed E-state index contributed by atoms with van der Waals surface area (Å²) in [7, 11) is 0. The molecule has 0 aliphatic carbocycles. The van der Waals surface area contributed by atoms with Crippen molar-refractivity contribution in [3.05, 3.63) is 58.4 Å². The molecule has 0 aliphatic rings. The lowest BCUT2D eigenvalue weighted by Gasteiger charge is -2.18. The maximum absolute atomic E-state index is 12.6. The van der Waals surface area contributed by atoms with E-state index in [1.807, 2.05) is 39.8 Å². The van der Waals surface area contributed by atoms with E-state index in [0.717, 1.165) is 29.9 Å². The molecule has 0 atom stereocenters. The first kappa shape index (κ1) is 23.0. The number of hydrogen-bond acceptors (Lipinski definition) is 3. The topological polar surface area (TPSA) is 78.1 Å². The highest BCUT2D eigenvalue weighted by Gasteiger charge is 2.15. The SMILES string of the molecule is CCCn1c(C)cc(/C=C(\C#N)C(=O)Nc2ccc(C(=O)N(CC)CC)cc2)c1C. The highest BCUT2D eigenvalue weighted by atomic mass is 16.2. The van der Waals surface area contributed by atoms with Crippen LogP contribution in [0, 0.1) is 25.2 Å². The van der Waals surface area contributed by atoms with Gasteiger partial charge in [0.1, 0.15) is 11.6 Å². The molecule has 1 N–H and O–H groups in total. The number of carbonyl (C=O) groups excluding carboxylic acids is 2. The molecule has 0 spiro atoms. The smallest absolute Gasteiger partial charge is 0.266 e. The van der Waals surface area contributed by atoms with Gasteiger partial charge in [-0.1, -0.05) is 6.92 Å². The summed E-state index contributed by atoms with van der Waals surface area (Å²) >= 11 is 0. The van der Waals surface area contributed by atoms with Crippen LogP contribution in [0.15, 0.2) is 35.9 Å². The van der Waals surface area contributed by atoms with Crippen molar-refractivity contribution in [2.45, 2.75) is 47.6 Å². The Hall–Kier alpha value is -3.33. The summed E-state index contributed by atoms with van der Waals surface area (Å²) in [6.07, 6.45) is 2.64. The van der Waals surface area contributed by atoms with Crippen LogP contribution in [-0.2, 0) is 11.3 Å². The highest BCUT2D eigenvalue weighted by molar-refractivity contribution is 6.10. The molecule has 0 radical (unpaired) electrons. The number of carbonyl (C=O) groups is 2. The Labute approximate surface area is 178 Å². The van der Waals surface area contributed by atoms with E-state index in [2.05, 4.69) is 16.8 Å². The standard InChI is InChI=1S/C24H30N4O2/c1-6-13-28-17(4)14-20(18(28)5)15-21(16-25)23(29)26-22-11-9-19(10-12-22)24(30)27(7-2)8-3/h9-12,14-15H,6-8,13H2,1-5H3,(H,26,29)/b21-15+. The van der Waals surface area contributed by atoms with Crippen LogP contribution in [0.25, 0.3) is 6.08 Å². The van der Waals surface area contributed by atoms with Gasteiger partial charge < -0.3 is 14.8 Å². The van der Waals surface area contributed by atoms with Gasteiger partial charge in [-0.25, -0.2) is 0 Å². The summed E-state index contributed by atoms with van der Waals surface area (Å²) in [6.45, 7) is 12.2. The molecule has 0 unspecified atom stereocenters. The van der Waals surface area contributed by atoms with Crippen LogP contribution in [-0.4, -0.2) is 34.4 Å². The third-order valence-corrected chi connectivity index (χ3v) is 5.17. The molecule has 6 heteroatoms. The normalized spacial score (nSPS) is 11.1. The zero-order valence-electron chi connectivity index (χ0n) is 18.5. The monoisotopic (exact) mass is 406 g/mol. The lowest BCUT2D eigenvalue weighted by Crippen LogP contribution is -2.30. The van der Waals surface area contributed by atoms with Gasteiger partial charge in [0.15, 0.2) is 0 Å². The third kappa shape index (κ3) is 5.18. The Balaban J connectivity index is 2.18. The van der Waals surface area contributed by atoms with Crippen LogP contribution in [0.5, 0.6) is 0 Å². The quantitative estimate of drug-likeness (QED) is 0.516. The molecule has 0 fully saturated rings. The molecular weight excluding hydrogens is 376 g/mol. The van der Waals surface area contributed by atoms with E-state index in [1.54, 1.807) is 35.2 Å². The number of hydrogen-bond donors (Lipinski definition) is 1. The zero-order chi connectivity index (χ0) is 22.3. The van der Waals surface area contributed by atoms with Gasteiger partial charge in [0.05, 0.1) is 0 Å². The number of nitrogens with one attached hydrogen (secondary N) is 1. The molecule has 0 saturated carbocycles. The number of aryl methyl sites for hydroxylation is 1.